The lowest BCUT2D eigenvalue weighted by Gasteiger charge is -2.10. The van der Waals surface area contributed by atoms with Crippen molar-refractivity contribution in [2.45, 2.75) is 13.1 Å². The van der Waals surface area contributed by atoms with Crippen molar-refractivity contribution in [1.29, 1.82) is 0 Å². The van der Waals surface area contributed by atoms with Gasteiger partial charge in [0.1, 0.15) is 5.82 Å². The second-order valence-corrected chi connectivity index (χ2v) is 5.59. The highest BCUT2D eigenvalue weighted by Crippen LogP contribution is 2.27. The van der Waals surface area contributed by atoms with Crippen molar-refractivity contribution < 1.29 is 14.9 Å². The Morgan fingerprint density at radius 3 is 2.60 bits per heavy atom. The molecule has 0 saturated carbocycles. The van der Waals surface area contributed by atoms with E-state index >= 15 is 0 Å². The zero-order chi connectivity index (χ0) is 17.6. The number of anilines is 1. The number of aromatic hydroxyl groups is 1. The van der Waals surface area contributed by atoms with Crippen molar-refractivity contribution in [3.8, 4) is 22.8 Å². The molecule has 0 spiro atoms. The van der Waals surface area contributed by atoms with Gasteiger partial charge in [0.05, 0.1) is 26.0 Å². The zero-order valence-corrected chi connectivity index (χ0v) is 14.0. The first-order valence-electron chi connectivity index (χ1n) is 8.05. The average molecular weight is 339 g/mol. The molecule has 25 heavy (non-hydrogen) atoms. The van der Waals surface area contributed by atoms with E-state index in [4.69, 9.17) is 4.74 Å². The van der Waals surface area contributed by atoms with Crippen molar-refractivity contribution >= 4 is 5.82 Å². The first-order valence-corrected chi connectivity index (χ1v) is 8.05. The standard InChI is InChI=1S/C19H21N3O3/c1-25-18-8-7-14(11-17(18)24)13-20-19-12-16(21-22(19)9-10-23)15-5-3-2-4-6-15/h2-8,11-12,20,23-24H,9-10,13H2,1H3. The summed E-state index contributed by atoms with van der Waals surface area (Å²) in [6.45, 7) is 0.930. The summed E-state index contributed by atoms with van der Waals surface area (Å²) in [7, 11) is 1.52. The van der Waals surface area contributed by atoms with Gasteiger partial charge in [-0.15, -0.1) is 0 Å². The molecule has 1 heterocycles. The monoisotopic (exact) mass is 339 g/mol. The second kappa shape index (κ2) is 7.72. The lowest BCUT2D eigenvalue weighted by atomic mass is 10.1. The van der Waals surface area contributed by atoms with Crippen LogP contribution in [0, 0.1) is 0 Å². The quantitative estimate of drug-likeness (QED) is 0.617. The smallest absolute Gasteiger partial charge is 0.160 e. The van der Waals surface area contributed by atoms with Crippen LogP contribution in [0.4, 0.5) is 5.82 Å². The Balaban J connectivity index is 1.79. The molecule has 0 saturated heterocycles. The van der Waals surface area contributed by atoms with Crippen LogP contribution in [0.5, 0.6) is 11.5 Å². The van der Waals surface area contributed by atoms with Crippen LogP contribution in [0.25, 0.3) is 11.3 Å². The van der Waals surface area contributed by atoms with Gasteiger partial charge in [0.15, 0.2) is 11.5 Å². The summed E-state index contributed by atoms with van der Waals surface area (Å²) in [5.41, 5.74) is 2.77. The van der Waals surface area contributed by atoms with E-state index in [0.717, 1.165) is 22.6 Å². The van der Waals surface area contributed by atoms with Gasteiger partial charge in [-0.1, -0.05) is 36.4 Å². The third-order valence-corrected chi connectivity index (χ3v) is 3.88. The van der Waals surface area contributed by atoms with Crippen LogP contribution < -0.4 is 10.1 Å². The maximum absolute atomic E-state index is 9.88. The topological polar surface area (TPSA) is 79.5 Å². The number of hydrogen-bond donors (Lipinski definition) is 3. The molecule has 2 aromatic carbocycles. The summed E-state index contributed by atoms with van der Waals surface area (Å²) < 4.78 is 6.80. The van der Waals surface area contributed by atoms with Gasteiger partial charge in [0.2, 0.25) is 0 Å². The van der Waals surface area contributed by atoms with Gasteiger partial charge in [0, 0.05) is 18.2 Å². The number of methoxy groups -OCH3 is 1. The number of benzene rings is 2. The molecule has 0 atom stereocenters. The molecule has 3 aromatic rings. The number of aliphatic hydroxyl groups is 1. The van der Waals surface area contributed by atoms with Crippen molar-refractivity contribution in [3.63, 3.8) is 0 Å². The Labute approximate surface area is 146 Å². The van der Waals surface area contributed by atoms with E-state index in [9.17, 15) is 10.2 Å². The van der Waals surface area contributed by atoms with Crippen LogP contribution in [-0.2, 0) is 13.1 Å². The second-order valence-electron chi connectivity index (χ2n) is 5.59. The summed E-state index contributed by atoms with van der Waals surface area (Å²) in [4.78, 5) is 0. The number of phenols is 1. The number of nitrogens with zero attached hydrogens (tertiary/aromatic N) is 2. The molecule has 6 heteroatoms. The molecule has 0 aliphatic rings. The Kier molecular flexibility index (Phi) is 5.20. The Morgan fingerprint density at radius 2 is 1.92 bits per heavy atom. The van der Waals surface area contributed by atoms with Crippen molar-refractivity contribution in [2.75, 3.05) is 19.0 Å². The molecule has 0 unspecified atom stereocenters. The molecule has 1 aromatic heterocycles. The fraction of sp³-hybridized carbons (Fsp3) is 0.211. The highest BCUT2D eigenvalue weighted by molar-refractivity contribution is 5.63. The summed E-state index contributed by atoms with van der Waals surface area (Å²) >= 11 is 0. The largest absolute Gasteiger partial charge is 0.504 e. The summed E-state index contributed by atoms with van der Waals surface area (Å²) in [6.07, 6.45) is 0. The van der Waals surface area contributed by atoms with Crippen LogP contribution in [-0.4, -0.2) is 33.7 Å². The van der Waals surface area contributed by atoms with Gasteiger partial charge < -0.3 is 20.3 Å². The van der Waals surface area contributed by atoms with Gasteiger partial charge >= 0.3 is 0 Å². The Hall–Kier alpha value is -2.99. The van der Waals surface area contributed by atoms with Crippen molar-refractivity contribution in [2.24, 2.45) is 0 Å². The van der Waals surface area contributed by atoms with E-state index in [1.165, 1.54) is 7.11 Å². The molecule has 130 valence electrons. The minimum atomic E-state index is 0.00785. The average Bonchev–Trinajstić information content (AvgIpc) is 3.04. The predicted molar refractivity (Wildman–Crippen MR) is 96.7 cm³/mol. The van der Waals surface area contributed by atoms with Gasteiger partial charge in [0.25, 0.3) is 0 Å². The first kappa shape index (κ1) is 16.9. The summed E-state index contributed by atoms with van der Waals surface area (Å²) in [5.74, 6) is 1.36. The van der Waals surface area contributed by atoms with Gasteiger partial charge in [-0.3, -0.25) is 0 Å². The lowest BCUT2D eigenvalue weighted by molar-refractivity contribution is 0.270. The summed E-state index contributed by atoms with van der Waals surface area (Å²) in [6, 6.07) is 17.1. The molecule has 0 amide bonds. The highest BCUT2D eigenvalue weighted by atomic mass is 16.5. The highest BCUT2D eigenvalue weighted by Gasteiger charge is 2.10. The molecule has 3 rings (SSSR count). The Morgan fingerprint density at radius 1 is 1.12 bits per heavy atom. The minimum absolute atomic E-state index is 0.00785. The van der Waals surface area contributed by atoms with Gasteiger partial charge in [-0.05, 0) is 17.7 Å². The lowest BCUT2D eigenvalue weighted by Crippen LogP contribution is -2.10. The minimum Gasteiger partial charge on any atom is -0.504 e. The van der Waals surface area contributed by atoms with Gasteiger partial charge in [-0.2, -0.15) is 5.10 Å². The molecule has 3 N–H and O–H groups in total. The molecule has 0 bridgehead atoms. The molecular formula is C19H21N3O3. The Bertz CT molecular complexity index is 831. The van der Waals surface area contributed by atoms with Crippen molar-refractivity contribution in [3.05, 3.63) is 60.2 Å². The SMILES string of the molecule is COc1ccc(CNc2cc(-c3ccccc3)nn2CCO)cc1O. The van der Waals surface area contributed by atoms with E-state index in [0.29, 0.717) is 18.8 Å². The predicted octanol–water partition coefficient (Wildman–Crippen LogP) is 2.87. The van der Waals surface area contributed by atoms with E-state index in [-0.39, 0.29) is 12.4 Å². The van der Waals surface area contributed by atoms with E-state index in [1.54, 1.807) is 16.8 Å². The number of hydrogen-bond acceptors (Lipinski definition) is 5. The van der Waals surface area contributed by atoms with Crippen LogP contribution in [0.3, 0.4) is 0 Å². The number of aromatic nitrogens is 2. The fourth-order valence-electron chi connectivity index (χ4n) is 2.61. The third-order valence-electron chi connectivity index (χ3n) is 3.88. The number of phenolic OH excluding ortho intramolecular Hbond substituents is 1. The van der Waals surface area contributed by atoms with Crippen LogP contribution in [0.1, 0.15) is 5.56 Å². The number of aliphatic hydroxyl groups excluding tert-OH is 1. The molecule has 0 aliphatic heterocycles. The number of ether oxygens (including phenoxy) is 1. The number of rotatable bonds is 7. The van der Waals surface area contributed by atoms with Crippen LogP contribution in [0.2, 0.25) is 0 Å². The summed E-state index contributed by atoms with van der Waals surface area (Å²) in [5, 5.41) is 27.0. The fourth-order valence-corrected chi connectivity index (χ4v) is 2.61. The zero-order valence-electron chi connectivity index (χ0n) is 14.0. The van der Waals surface area contributed by atoms with E-state index in [2.05, 4.69) is 10.4 Å². The van der Waals surface area contributed by atoms with Crippen LogP contribution in [0.15, 0.2) is 54.6 Å². The van der Waals surface area contributed by atoms with Crippen molar-refractivity contribution in [1.82, 2.24) is 9.78 Å². The number of nitrogens with one attached hydrogen (secondary N) is 1. The van der Waals surface area contributed by atoms with E-state index in [1.807, 2.05) is 42.5 Å². The normalized spacial score (nSPS) is 10.6. The van der Waals surface area contributed by atoms with Gasteiger partial charge in [-0.25, -0.2) is 4.68 Å². The molecule has 6 nitrogen and oxygen atoms in total. The molecule has 0 fully saturated rings. The maximum Gasteiger partial charge on any atom is 0.160 e. The first-order chi connectivity index (χ1) is 12.2. The third kappa shape index (κ3) is 3.92. The van der Waals surface area contributed by atoms with Crippen LogP contribution >= 0.6 is 0 Å². The molecule has 0 radical (unpaired) electrons. The maximum atomic E-state index is 9.88. The molecule has 0 aliphatic carbocycles. The molecular weight excluding hydrogens is 318 g/mol. The van der Waals surface area contributed by atoms with E-state index < -0.39 is 0 Å².